The van der Waals surface area contributed by atoms with Gasteiger partial charge in [-0.1, -0.05) is 11.6 Å². The Bertz CT molecular complexity index is 550. The lowest BCUT2D eigenvalue weighted by molar-refractivity contribution is 0.598. The third-order valence-electron chi connectivity index (χ3n) is 2.14. The summed E-state index contributed by atoms with van der Waals surface area (Å²) >= 11 is 5.71. The van der Waals surface area contributed by atoms with Gasteiger partial charge in [-0.15, -0.1) is 0 Å². The van der Waals surface area contributed by atoms with Gasteiger partial charge in [-0.25, -0.2) is 8.78 Å². The van der Waals surface area contributed by atoms with Crippen LogP contribution in [0.5, 0.6) is 0 Å². The van der Waals surface area contributed by atoms with Crippen molar-refractivity contribution in [2.45, 2.75) is 0 Å². The Labute approximate surface area is 102 Å². The summed E-state index contributed by atoms with van der Waals surface area (Å²) in [5.41, 5.74) is 0.734. The van der Waals surface area contributed by atoms with Crippen LogP contribution in [-0.4, -0.2) is 6.21 Å². The van der Waals surface area contributed by atoms with E-state index in [9.17, 15) is 8.78 Å². The molecule has 0 aromatic heterocycles. The lowest BCUT2D eigenvalue weighted by Crippen LogP contribution is -1.89. The van der Waals surface area contributed by atoms with E-state index in [1.165, 1.54) is 6.21 Å². The lowest BCUT2D eigenvalue weighted by Gasteiger charge is -1.97. The van der Waals surface area contributed by atoms with Gasteiger partial charge in [0.25, 0.3) is 0 Å². The van der Waals surface area contributed by atoms with Crippen molar-refractivity contribution in [1.82, 2.24) is 0 Å². The molecule has 0 spiro atoms. The van der Waals surface area contributed by atoms with E-state index in [4.69, 9.17) is 11.6 Å². The molecule has 17 heavy (non-hydrogen) atoms. The highest BCUT2D eigenvalue weighted by molar-refractivity contribution is 6.30. The Balaban J connectivity index is 2.25. The Kier molecular flexibility index (Phi) is 3.49. The van der Waals surface area contributed by atoms with Crippen LogP contribution in [0.3, 0.4) is 0 Å². The van der Waals surface area contributed by atoms with Crippen molar-refractivity contribution in [1.29, 1.82) is 0 Å². The number of hydrogen-bond donors (Lipinski definition) is 0. The fraction of sp³-hybridized carbons (Fsp3) is 0. The molecular formula is C13H8ClF2N. The summed E-state index contributed by atoms with van der Waals surface area (Å²) in [6.45, 7) is 0. The third-order valence-corrected chi connectivity index (χ3v) is 2.39. The fourth-order valence-corrected chi connectivity index (χ4v) is 1.41. The van der Waals surface area contributed by atoms with E-state index in [1.807, 2.05) is 0 Å². The van der Waals surface area contributed by atoms with Gasteiger partial charge in [0.1, 0.15) is 11.6 Å². The van der Waals surface area contributed by atoms with Crippen molar-refractivity contribution in [2.24, 2.45) is 4.99 Å². The summed E-state index contributed by atoms with van der Waals surface area (Å²) in [5, 5.41) is 0.598. The Morgan fingerprint density at radius 1 is 1.00 bits per heavy atom. The summed E-state index contributed by atoms with van der Waals surface area (Å²) in [4.78, 5) is 4.03. The first-order valence-electron chi connectivity index (χ1n) is 4.90. The van der Waals surface area contributed by atoms with Crippen molar-refractivity contribution in [3.63, 3.8) is 0 Å². The minimum Gasteiger partial charge on any atom is -0.256 e. The second kappa shape index (κ2) is 5.06. The van der Waals surface area contributed by atoms with Crippen molar-refractivity contribution in [3.05, 3.63) is 64.7 Å². The summed E-state index contributed by atoms with van der Waals surface area (Å²) in [5.74, 6) is -1.01. The Morgan fingerprint density at radius 3 is 2.41 bits per heavy atom. The quantitative estimate of drug-likeness (QED) is 0.703. The zero-order chi connectivity index (χ0) is 12.3. The molecule has 0 aliphatic rings. The normalized spacial score (nSPS) is 11.0. The van der Waals surface area contributed by atoms with E-state index in [2.05, 4.69) is 4.99 Å². The molecule has 0 aliphatic heterocycles. The van der Waals surface area contributed by atoms with E-state index in [-0.39, 0.29) is 5.56 Å². The van der Waals surface area contributed by atoms with Crippen LogP contribution in [0.15, 0.2) is 47.5 Å². The monoisotopic (exact) mass is 251 g/mol. The van der Waals surface area contributed by atoms with Gasteiger partial charge in [-0.05, 0) is 42.5 Å². The minimum absolute atomic E-state index is 0.111. The van der Waals surface area contributed by atoms with Crippen LogP contribution in [0.25, 0.3) is 0 Å². The molecule has 0 aliphatic carbocycles. The maximum Gasteiger partial charge on any atom is 0.132 e. The largest absolute Gasteiger partial charge is 0.256 e. The topological polar surface area (TPSA) is 12.4 Å². The SMILES string of the molecule is Fc1ccc(F)c(C=Nc2ccc(Cl)cc2)c1. The summed E-state index contributed by atoms with van der Waals surface area (Å²) in [6, 6.07) is 9.96. The van der Waals surface area contributed by atoms with Crippen molar-refractivity contribution in [2.75, 3.05) is 0 Å². The van der Waals surface area contributed by atoms with Crippen molar-refractivity contribution < 1.29 is 8.78 Å². The summed E-state index contributed by atoms with van der Waals surface area (Å²) in [6.07, 6.45) is 1.28. The van der Waals surface area contributed by atoms with E-state index in [1.54, 1.807) is 24.3 Å². The van der Waals surface area contributed by atoms with Crippen LogP contribution in [-0.2, 0) is 0 Å². The van der Waals surface area contributed by atoms with Crippen molar-refractivity contribution in [3.8, 4) is 0 Å². The van der Waals surface area contributed by atoms with Gasteiger partial charge in [-0.2, -0.15) is 0 Å². The first-order chi connectivity index (χ1) is 8.15. The van der Waals surface area contributed by atoms with E-state index >= 15 is 0 Å². The number of hydrogen-bond acceptors (Lipinski definition) is 1. The van der Waals surface area contributed by atoms with Crippen LogP contribution in [0.1, 0.15) is 5.56 Å². The lowest BCUT2D eigenvalue weighted by atomic mass is 10.2. The molecule has 4 heteroatoms. The first-order valence-corrected chi connectivity index (χ1v) is 5.27. The molecule has 0 atom stereocenters. The molecule has 0 saturated carbocycles. The van der Waals surface area contributed by atoms with Gasteiger partial charge in [0.05, 0.1) is 5.69 Å². The minimum atomic E-state index is -0.510. The Hall–Kier alpha value is -1.74. The number of benzene rings is 2. The zero-order valence-electron chi connectivity index (χ0n) is 8.70. The molecule has 86 valence electrons. The van der Waals surface area contributed by atoms with Crippen LogP contribution >= 0.6 is 11.6 Å². The molecule has 0 unspecified atom stereocenters. The van der Waals surface area contributed by atoms with Crippen LogP contribution in [0, 0.1) is 11.6 Å². The zero-order valence-corrected chi connectivity index (χ0v) is 9.46. The third kappa shape index (κ3) is 3.11. The fourth-order valence-electron chi connectivity index (χ4n) is 1.28. The molecule has 0 bridgehead atoms. The van der Waals surface area contributed by atoms with Gasteiger partial charge in [0, 0.05) is 16.8 Å². The number of rotatable bonds is 2. The molecule has 1 nitrogen and oxygen atoms in total. The molecule has 2 rings (SSSR count). The second-order valence-corrected chi connectivity index (χ2v) is 3.84. The number of nitrogens with zero attached hydrogens (tertiary/aromatic N) is 1. The molecule has 0 N–H and O–H groups in total. The molecule has 0 radical (unpaired) electrons. The predicted molar refractivity (Wildman–Crippen MR) is 65.1 cm³/mol. The smallest absolute Gasteiger partial charge is 0.132 e. The maximum atomic E-state index is 13.3. The molecule has 2 aromatic carbocycles. The van der Waals surface area contributed by atoms with Crippen LogP contribution in [0.2, 0.25) is 5.02 Å². The van der Waals surface area contributed by atoms with Gasteiger partial charge >= 0.3 is 0 Å². The molecule has 2 aromatic rings. The van der Waals surface area contributed by atoms with E-state index < -0.39 is 11.6 Å². The number of halogens is 3. The predicted octanol–water partition coefficient (Wildman–Crippen LogP) is 4.37. The van der Waals surface area contributed by atoms with Crippen LogP contribution in [0.4, 0.5) is 14.5 Å². The Morgan fingerprint density at radius 2 is 1.71 bits per heavy atom. The average molecular weight is 252 g/mol. The number of aliphatic imine (C=N–C) groups is 1. The molecular weight excluding hydrogens is 244 g/mol. The molecule has 0 fully saturated rings. The second-order valence-electron chi connectivity index (χ2n) is 3.40. The van der Waals surface area contributed by atoms with Crippen LogP contribution < -0.4 is 0 Å². The molecule has 0 amide bonds. The maximum absolute atomic E-state index is 13.3. The first kappa shape index (κ1) is 11.7. The highest BCUT2D eigenvalue weighted by Gasteiger charge is 2.00. The van der Waals surface area contributed by atoms with Gasteiger partial charge in [0.2, 0.25) is 0 Å². The molecule has 0 heterocycles. The highest BCUT2D eigenvalue weighted by atomic mass is 35.5. The van der Waals surface area contributed by atoms with E-state index in [0.717, 1.165) is 18.2 Å². The van der Waals surface area contributed by atoms with Gasteiger partial charge in [-0.3, -0.25) is 4.99 Å². The van der Waals surface area contributed by atoms with E-state index in [0.29, 0.717) is 10.7 Å². The average Bonchev–Trinajstić information content (AvgIpc) is 2.32. The van der Waals surface area contributed by atoms with Gasteiger partial charge < -0.3 is 0 Å². The molecule has 0 saturated heterocycles. The summed E-state index contributed by atoms with van der Waals surface area (Å²) < 4.78 is 26.1. The standard InChI is InChI=1S/C13H8ClF2N/c14-10-1-4-12(5-2-10)17-8-9-7-11(15)3-6-13(9)16/h1-8H. The highest BCUT2D eigenvalue weighted by Crippen LogP contribution is 2.16. The summed E-state index contributed by atoms with van der Waals surface area (Å²) in [7, 11) is 0. The van der Waals surface area contributed by atoms with Gasteiger partial charge in [0.15, 0.2) is 0 Å². The van der Waals surface area contributed by atoms with Crippen molar-refractivity contribution >= 4 is 23.5 Å².